The molecular formula is C28H16O. The van der Waals surface area contributed by atoms with Crippen LogP contribution in [0.2, 0.25) is 0 Å². The summed E-state index contributed by atoms with van der Waals surface area (Å²) < 4.78 is 6.33. The molecule has 0 bridgehead atoms. The molecule has 1 aromatic heterocycles. The van der Waals surface area contributed by atoms with Gasteiger partial charge in [-0.15, -0.1) is 0 Å². The van der Waals surface area contributed by atoms with Gasteiger partial charge in [0.1, 0.15) is 11.2 Å². The van der Waals surface area contributed by atoms with Crippen molar-refractivity contribution in [2.24, 2.45) is 0 Å². The third kappa shape index (κ3) is 1.94. The molecule has 0 saturated heterocycles. The molecule has 7 rings (SSSR count). The number of rotatable bonds is 1. The molecule has 7 aromatic rings. The maximum atomic E-state index is 6.33. The fourth-order valence-electron chi connectivity index (χ4n) is 4.93. The van der Waals surface area contributed by atoms with E-state index in [9.17, 15) is 0 Å². The molecule has 0 saturated carbocycles. The average Bonchev–Trinajstić information content (AvgIpc) is 3.16. The summed E-state index contributed by atoms with van der Waals surface area (Å²) in [5.74, 6) is 0. The van der Waals surface area contributed by atoms with Crippen LogP contribution < -0.4 is 0 Å². The van der Waals surface area contributed by atoms with Crippen molar-refractivity contribution in [3.05, 3.63) is 97.1 Å². The lowest BCUT2D eigenvalue weighted by atomic mass is 9.89. The lowest BCUT2D eigenvalue weighted by Crippen LogP contribution is -1.87. The molecule has 0 radical (unpaired) electrons. The van der Waals surface area contributed by atoms with Gasteiger partial charge in [-0.1, -0.05) is 91.0 Å². The van der Waals surface area contributed by atoms with E-state index >= 15 is 0 Å². The van der Waals surface area contributed by atoms with E-state index in [1.165, 1.54) is 48.7 Å². The van der Waals surface area contributed by atoms with Gasteiger partial charge in [0, 0.05) is 16.3 Å². The molecule has 1 heterocycles. The zero-order valence-electron chi connectivity index (χ0n) is 15.6. The predicted octanol–water partition coefficient (Wildman–Crippen LogP) is 8.15. The van der Waals surface area contributed by atoms with E-state index in [2.05, 4.69) is 84.9 Å². The van der Waals surface area contributed by atoms with E-state index in [-0.39, 0.29) is 0 Å². The molecule has 0 unspecified atom stereocenters. The Morgan fingerprint density at radius 3 is 2.00 bits per heavy atom. The maximum absolute atomic E-state index is 6.33. The van der Waals surface area contributed by atoms with Crippen LogP contribution in [0.15, 0.2) is 101 Å². The summed E-state index contributed by atoms with van der Waals surface area (Å²) in [6.07, 6.45) is 0. The molecule has 0 fully saturated rings. The zero-order valence-corrected chi connectivity index (χ0v) is 15.6. The second kappa shape index (κ2) is 5.36. The van der Waals surface area contributed by atoms with Crippen LogP contribution in [0.1, 0.15) is 0 Å². The molecule has 29 heavy (non-hydrogen) atoms. The van der Waals surface area contributed by atoms with E-state index < -0.39 is 0 Å². The topological polar surface area (TPSA) is 13.1 Å². The summed E-state index contributed by atoms with van der Waals surface area (Å²) in [5.41, 5.74) is 4.27. The van der Waals surface area contributed by atoms with Crippen molar-refractivity contribution in [2.45, 2.75) is 0 Å². The Kier molecular flexibility index (Phi) is 2.80. The predicted molar refractivity (Wildman–Crippen MR) is 123 cm³/mol. The van der Waals surface area contributed by atoms with Gasteiger partial charge in [-0.3, -0.25) is 0 Å². The van der Waals surface area contributed by atoms with E-state index in [1.807, 2.05) is 12.1 Å². The second-order valence-corrected chi connectivity index (χ2v) is 7.75. The summed E-state index contributed by atoms with van der Waals surface area (Å²) >= 11 is 0. The van der Waals surface area contributed by atoms with Crippen LogP contribution in [0.25, 0.3) is 65.4 Å². The molecule has 1 nitrogen and oxygen atoms in total. The molecule has 0 spiro atoms. The van der Waals surface area contributed by atoms with Crippen molar-refractivity contribution in [1.29, 1.82) is 0 Å². The Bertz CT molecular complexity index is 1680. The number of furan rings is 1. The van der Waals surface area contributed by atoms with Gasteiger partial charge in [-0.2, -0.15) is 0 Å². The minimum absolute atomic E-state index is 0.938. The van der Waals surface area contributed by atoms with Crippen molar-refractivity contribution in [3.63, 3.8) is 0 Å². The van der Waals surface area contributed by atoms with Crippen LogP contribution in [0.4, 0.5) is 0 Å². The zero-order chi connectivity index (χ0) is 18.9. The van der Waals surface area contributed by atoms with E-state index in [4.69, 9.17) is 4.42 Å². The van der Waals surface area contributed by atoms with Crippen LogP contribution in [0.3, 0.4) is 0 Å². The minimum Gasteiger partial charge on any atom is -0.455 e. The highest BCUT2D eigenvalue weighted by molar-refractivity contribution is 6.26. The van der Waals surface area contributed by atoms with Crippen LogP contribution >= 0.6 is 0 Å². The van der Waals surface area contributed by atoms with Gasteiger partial charge < -0.3 is 4.42 Å². The summed E-state index contributed by atoms with van der Waals surface area (Å²) in [6, 6.07) is 34.7. The number of hydrogen-bond acceptors (Lipinski definition) is 1. The Balaban J connectivity index is 1.66. The molecule has 0 aliphatic rings. The Labute approximate surface area is 167 Å². The maximum Gasteiger partial charge on any atom is 0.143 e. The quantitative estimate of drug-likeness (QED) is 0.266. The lowest BCUT2D eigenvalue weighted by Gasteiger charge is -2.14. The Hall–Kier alpha value is -3.84. The minimum atomic E-state index is 0.938. The van der Waals surface area contributed by atoms with Gasteiger partial charge in [0.05, 0.1) is 0 Å². The van der Waals surface area contributed by atoms with Gasteiger partial charge in [0.2, 0.25) is 0 Å². The molecule has 0 aliphatic carbocycles. The average molecular weight is 368 g/mol. The van der Waals surface area contributed by atoms with Crippen molar-refractivity contribution in [2.75, 3.05) is 0 Å². The van der Waals surface area contributed by atoms with E-state index in [0.29, 0.717) is 0 Å². The van der Waals surface area contributed by atoms with E-state index in [0.717, 1.165) is 16.7 Å². The van der Waals surface area contributed by atoms with Gasteiger partial charge in [-0.05, 0) is 43.9 Å². The number of para-hydroxylation sites is 2. The first kappa shape index (κ1) is 15.1. The highest BCUT2D eigenvalue weighted by Crippen LogP contribution is 2.42. The van der Waals surface area contributed by atoms with Crippen LogP contribution in [0.5, 0.6) is 0 Å². The molecular weight excluding hydrogens is 352 g/mol. The monoisotopic (exact) mass is 368 g/mol. The fourth-order valence-corrected chi connectivity index (χ4v) is 4.93. The first-order chi connectivity index (χ1) is 14.4. The largest absolute Gasteiger partial charge is 0.455 e. The Morgan fingerprint density at radius 1 is 0.414 bits per heavy atom. The first-order valence-corrected chi connectivity index (χ1v) is 9.96. The molecule has 0 amide bonds. The fraction of sp³-hybridized carbons (Fsp3) is 0. The smallest absolute Gasteiger partial charge is 0.143 e. The molecule has 6 aromatic carbocycles. The van der Waals surface area contributed by atoms with Gasteiger partial charge in [0.25, 0.3) is 0 Å². The third-order valence-corrected chi connectivity index (χ3v) is 6.22. The summed E-state index contributed by atoms with van der Waals surface area (Å²) in [7, 11) is 0. The lowest BCUT2D eigenvalue weighted by molar-refractivity contribution is 0.670. The van der Waals surface area contributed by atoms with Crippen LogP contribution in [-0.4, -0.2) is 0 Å². The van der Waals surface area contributed by atoms with Gasteiger partial charge in [-0.25, -0.2) is 0 Å². The molecule has 0 N–H and O–H groups in total. The highest BCUT2D eigenvalue weighted by Gasteiger charge is 2.16. The number of hydrogen-bond donors (Lipinski definition) is 0. The van der Waals surface area contributed by atoms with Crippen LogP contribution in [-0.2, 0) is 0 Å². The summed E-state index contributed by atoms with van der Waals surface area (Å²) in [6.45, 7) is 0. The van der Waals surface area contributed by atoms with Gasteiger partial charge >= 0.3 is 0 Å². The first-order valence-electron chi connectivity index (χ1n) is 9.96. The van der Waals surface area contributed by atoms with Crippen molar-refractivity contribution < 1.29 is 4.42 Å². The standard InChI is InChI=1S/C28H16O/c1-2-10-25-21(7-1)24-9-4-8-23(28(24)29-25)20-15-13-19-12-11-17-5-3-6-18-14-16-22(20)27(19)26(17)18/h1-16H. The summed E-state index contributed by atoms with van der Waals surface area (Å²) in [5, 5.41) is 10.2. The molecule has 0 aliphatic heterocycles. The van der Waals surface area contributed by atoms with E-state index in [1.54, 1.807) is 0 Å². The Morgan fingerprint density at radius 2 is 1.10 bits per heavy atom. The normalized spacial score (nSPS) is 12.1. The third-order valence-electron chi connectivity index (χ3n) is 6.22. The summed E-state index contributed by atoms with van der Waals surface area (Å²) in [4.78, 5) is 0. The number of fused-ring (bicyclic) bond motifs is 3. The molecule has 134 valence electrons. The van der Waals surface area contributed by atoms with Crippen LogP contribution in [0, 0.1) is 0 Å². The highest BCUT2D eigenvalue weighted by atomic mass is 16.3. The second-order valence-electron chi connectivity index (χ2n) is 7.75. The van der Waals surface area contributed by atoms with Crippen molar-refractivity contribution >= 4 is 54.3 Å². The van der Waals surface area contributed by atoms with Crippen molar-refractivity contribution in [3.8, 4) is 11.1 Å². The number of benzene rings is 6. The molecule has 1 heteroatoms. The van der Waals surface area contributed by atoms with Gasteiger partial charge in [0.15, 0.2) is 0 Å². The molecule has 0 atom stereocenters. The SMILES string of the molecule is c1cc2ccc3ccc(-c4cccc5c4oc4ccccc45)c4ccc(c1)c2c34. The van der Waals surface area contributed by atoms with Crippen molar-refractivity contribution in [1.82, 2.24) is 0 Å².